The fourth-order valence-electron chi connectivity index (χ4n) is 2.11. The molecule has 0 saturated heterocycles. The second-order valence-corrected chi connectivity index (χ2v) is 5.39. The fraction of sp³-hybridized carbons (Fsp3) is 0.438. The van der Waals surface area contributed by atoms with Crippen molar-refractivity contribution in [2.75, 3.05) is 32.0 Å². The van der Waals surface area contributed by atoms with Crippen LogP contribution < -0.4 is 16.0 Å². The summed E-state index contributed by atoms with van der Waals surface area (Å²) in [5.41, 5.74) is 2.75. The minimum absolute atomic E-state index is 0.0443. The highest BCUT2D eigenvalue weighted by Crippen LogP contribution is 2.19. The smallest absolute Gasteiger partial charge is 0.321 e. The lowest BCUT2D eigenvalue weighted by Gasteiger charge is -2.17. The predicted molar refractivity (Wildman–Crippen MR) is 89.3 cm³/mol. The number of urea groups is 1. The first kappa shape index (κ1) is 18.6. The van der Waals surface area contributed by atoms with Gasteiger partial charge in [-0.25, -0.2) is 4.79 Å². The van der Waals surface area contributed by atoms with E-state index in [2.05, 4.69) is 16.0 Å². The van der Waals surface area contributed by atoms with E-state index in [1.54, 1.807) is 14.0 Å². The number of anilines is 1. The number of amides is 4. The molecule has 126 valence electrons. The zero-order valence-electron chi connectivity index (χ0n) is 14.0. The highest BCUT2D eigenvalue weighted by molar-refractivity contribution is 5.96. The van der Waals surface area contributed by atoms with Crippen molar-refractivity contribution in [2.24, 2.45) is 0 Å². The summed E-state index contributed by atoms with van der Waals surface area (Å²) in [4.78, 5) is 36.5. The van der Waals surface area contributed by atoms with Crippen molar-refractivity contribution in [2.45, 2.75) is 20.8 Å². The minimum atomic E-state index is -0.536. The van der Waals surface area contributed by atoms with Gasteiger partial charge in [-0.05, 0) is 38.9 Å². The molecule has 1 rings (SSSR count). The van der Waals surface area contributed by atoms with Crippen molar-refractivity contribution in [3.05, 3.63) is 29.3 Å². The Bertz CT molecular complexity index is 566. The van der Waals surface area contributed by atoms with E-state index in [9.17, 15) is 14.4 Å². The summed E-state index contributed by atoms with van der Waals surface area (Å²) < 4.78 is 0. The van der Waals surface area contributed by atoms with Gasteiger partial charge >= 0.3 is 6.03 Å². The number of nitrogens with zero attached hydrogens (tertiary/aromatic N) is 1. The van der Waals surface area contributed by atoms with Crippen LogP contribution in [-0.4, -0.2) is 49.4 Å². The van der Waals surface area contributed by atoms with E-state index in [1.807, 2.05) is 32.0 Å². The number of hydrogen-bond donors (Lipinski definition) is 3. The Kier molecular flexibility index (Phi) is 7.21. The van der Waals surface area contributed by atoms with E-state index in [1.165, 1.54) is 4.90 Å². The molecule has 3 N–H and O–H groups in total. The number of carbonyl (C=O) groups excluding carboxylic acids is 3. The van der Waals surface area contributed by atoms with Gasteiger partial charge < -0.3 is 10.6 Å². The summed E-state index contributed by atoms with van der Waals surface area (Å²) in [6, 6.07) is 5.24. The van der Waals surface area contributed by atoms with E-state index in [0.717, 1.165) is 16.8 Å². The average Bonchev–Trinajstić information content (AvgIpc) is 2.42. The van der Waals surface area contributed by atoms with Gasteiger partial charge in [-0.1, -0.05) is 18.2 Å². The second kappa shape index (κ2) is 8.89. The molecule has 0 atom stereocenters. The van der Waals surface area contributed by atoms with Gasteiger partial charge in [-0.15, -0.1) is 0 Å². The summed E-state index contributed by atoms with van der Waals surface area (Å²) in [6.45, 7) is 6.05. The first-order valence-corrected chi connectivity index (χ1v) is 7.45. The lowest BCUT2D eigenvalue weighted by Crippen LogP contribution is -2.44. The fourth-order valence-corrected chi connectivity index (χ4v) is 2.11. The molecule has 0 radical (unpaired) electrons. The van der Waals surface area contributed by atoms with Gasteiger partial charge in [0.1, 0.15) is 0 Å². The van der Waals surface area contributed by atoms with Crippen molar-refractivity contribution in [1.82, 2.24) is 15.5 Å². The quantitative estimate of drug-likeness (QED) is 0.730. The van der Waals surface area contributed by atoms with E-state index < -0.39 is 11.9 Å². The standard InChI is InChI=1S/C16H24N4O3/c1-5-17-16(23)19-14(22)10-20(4)9-13(21)18-15-11(2)7-6-8-12(15)3/h6-8H,5,9-10H2,1-4H3,(H,18,21)(H2,17,19,22,23). The number of aryl methyl sites for hydroxylation is 2. The van der Waals surface area contributed by atoms with Crippen LogP contribution in [0.1, 0.15) is 18.1 Å². The van der Waals surface area contributed by atoms with Crippen molar-refractivity contribution >= 4 is 23.5 Å². The zero-order chi connectivity index (χ0) is 17.4. The number of nitrogens with one attached hydrogen (secondary N) is 3. The molecule has 0 saturated carbocycles. The molecular formula is C16H24N4O3. The molecule has 0 aliphatic heterocycles. The third-order valence-electron chi connectivity index (χ3n) is 3.16. The normalized spacial score (nSPS) is 10.3. The zero-order valence-corrected chi connectivity index (χ0v) is 14.0. The predicted octanol–water partition coefficient (Wildman–Crippen LogP) is 1.02. The molecule has 4 amide bonds. The Morgan fingerprint density at radius 2 is 1.61 bits per heavy atom. The number of rotatable bonds is 6. The molecule has 23 heavy (non-hydrogen) atoms. The van der Waals surface area contributed by atoms with Gasteiger partial charge in [0.15, 0.2) is 0 Å². The van der Waals surface area contributed by atoms with Crippen molar-refractivity contribution in [3.8, 4) is 0 Å². The van der Waals surface area contributed by atoms with Crippen LogP contribution in [0, 0.1) is 13.8 Å². The first-order chi connectivity index (χ1) is 10.8. The number of likely N-dealkylation sites (N-methyl/N-ethyl adjacent to an activating group) is 1. The third kappa shape index (κ3) is 6.48. The summed E-state index contributed by atoms with van der Waals surface area (Å²) in [6.07, 6.45) is 0. The summed E-state index contributed by atoms with van der Waals surface area (Å²) in [5.74, 6) is -0.672. The lowest BCUT2D eigenvalue weighted by molar-refractivity contribution is -0.122. The van der Waals surface area contributed by atoms with Crippen LogP contribution in [0.3, 0.4) is 0 Å². The minimum Gasteiger partial charge on any atom is -0.338 e. The highest BCUT2D eigenvalue weighted by atomic mass is 16.2. The maximum absolute atomic E-state index is 12.1. The SMILES string of the molecule is CCNC(=O)NC(=O)CN(C)CC(=O)Nc1c(C)cccc1C. The molecule has 1 aromatic carbocycles. The maximum atomic E-state index is 12.1. The molecule has 0 aliphatic carbocycles. The third-order valence-corrected chi connectivity index (χ3v) is 3.16. The monoisotopic (exact) mass is 320 g/mol. The van der Waals surface area contributed by atoms with Crippen molar-refractivity contribution < 1.29 is 14.4 Å². The van der Waals surface area contributed by atoms with Crippen LogP contribution in [0.25, 0.3) is 0 Å². The van der Waals surface area contributed by atoms with Gasteiger partial charge in [-0.3, -0.25) is 19.8 Å². The highest BCUT2D eigenvalue weighted by Gasteiger charge is 2.14. The molecule has 0 heterocycles. The molecule has 7 heteroatoms. The summed E-state index contributed by atoms with van der Waals surface area (Å²) >= 11 is 0. The first-order valence-electron chi connectivity index (χ1n) is 7.45. The number of para-hydroxylation sites is 1. The van der Waals surface area contributed by atoms with Crippen LogP contribution in [0.4, 0.5) is 10.5 Å². The molecule has 0 fully saturated rings. The maximum Gasteiger partial charge on any atom is 0.321 e. The number of carbonyl (C=O) groups is 3. The second-order valence-electron chi connectivity index (χ2n) is 5.39. The van der Waals surface area contributed by atoms with Crippen molar-refractivity contribution in [3.63, 3.8) is 0 Å². The van der Waals surface area contributed by atoms with E-state index in [4.69, 9.17) is 0 Å². The van der Waals surface area contributed by atoms with Crippen LogP contribution in [0.2, 0.25) is 0 Å². The molecule has 0 aliphatic rings. The Morgan fingerprint density at radius 3 is 2.17 bits per heavy atom. The van der Waals surface area contributed by atoms with E-state index in [-0.39, 0.29) is 19.0 Å². The van der Waals surface area contributed by atoms with E-state index in [0.29, 0.717) is 6.54 Å². The average molecular weight is 320 g/mol. The van der Waals surface area contributed by atoms with Gasteiger partial charge in [-0.2, -0.15) is 0 Å². The Labute approximate surface area is 136 Å². The Morgan fingerprint density at radius 1 is 1.04 bits per heavy atom. The molecular weight excluding hydrogens is 296 g/mol. The number of benzene rings is 1. The van der Waals surface area contributed by atoms with Gasteiger partial charge in [0.25, 0.3) is 0 Å². The summed E-state index contributed by atoms with van der Waals surface area (Å²) in [5, 5.41) is 7.51. The Hall–Kier alpha value is -2.41. The molecule has 7 nitrogen and oxygen atoms in total. The summed E-state index contributed by atoms with van der Waals surface area (Å²) in [7, 11) is 1.64. The molecule has 0 bridgehead atoms. The topological polar surface area (TPSA) is 90.5 Å². The number of imide groups is 1. The number of hydrogen-bond acceptors (Lipinski definition) is 4. The van der Waals surface area contributed by atoms with Gasteiger partial charge in [0.2, 0.25) is 11.8 Å². The van der Waals surface area contributed by atoms with Gasteiger partial charge in [0.05, 0.1) is 13.1 Å². The van der Waals surface area contributed by atoms with Crippen LogP contribution in [-0.2, 0) is 9.59 Å². The van der Waals surface area contributed by atoms with Gasteiger partial charge in [0, 0.05) is 12.2 Å². The van der Waals surface area contributed by atoms with E-state index >= 15 is 0 Å². The van der Waals surface area contributed by atoms with Crippen molar-refractivity contribution in [1.29, 1.82) is 0 Å². The molecule has 0 unspecified atom stereocenters. The van der Waals surface area contributed by atoms with Crippen LogP contribution in [0.15, 0.2) is 18.2 Å². The molecule has 0 spiro atoms. The molecule has 0 aromatic heterocycles. The molecule has 1 aromatic rings. The largest absolute Gasteiger partial charge is 0.338 e. The Balaban J connectivity index is 2.48. The lowest BCUT2D eigenvalue weighted by atomic mass is 10.1. The van der Waals surface area contributed by atoms with Crippen LogP contribution in [0.5, 0.6) is 0 Å². The van der Waals surface area contributed by atoms with Crippen LogP contribution >= 0.6 is 0 Å².